The Morgan fingerprint density at radius 1 is 1.57 bits per heavy atom. The number of carbonyl (C=O) groups excluding carboxylic acids is 1. The summed E-state index contributed by atoms with van der Waals surface area (Å²) in [5.74, 6) is 1.20. The van der Waals surface area contributed by atoms with Gasteiger partial charge in [-0.15, -0.1) is 0 Å². The summed E-state index contributed by atoms with van der Waals surface area (Å²) in [6, 6.07) is 0. The van der Waals surface area contributed by atoms with E-state index in [9.17, 15) is 4.79 Å². The molecule has 0 aliphatic carbocycles. The second-order valence-corrected chi connectivity index (χ2v) is 3.09. The SMILES string of the molecule is CCC(=O)OC(C)n1nc(C)nc1C. The molecule has 1 atom stereocenters. The number of nitrogens with zero attached hydrogens (tertiary/aromatic N) is 3. The number of carbonyl (C=O) groups is 1. The Bertz CT molecular complexity index is 333. The fraction of sp³-hybridized carbons (Fsp3) is 0.667. The molecular weight excluding hydrogens is 182 g/mol. The molecule has 0 amide bonds. The number of ether oxygens (including phenoxy) is 1. The Kier molecular flexibility index (Phi) is 3.22. The van der Waals surface area contributed by atoms with Gasteiger partial charge in [-0.1, -0.05) is 6.92 Å². The van der Waals surface area contributed by atoms with Gasteiger partial charge in [0.25, 0.3) is 0 Å². The molecule has 1 rings (SSSR count). The first kappa shape index (κ1) is 10.7. The molecule has 14 heavy (non-hydrogen) atoms. The largest absolute Gasteiger partial charge is 0.440 e. The molecule has 0 spiro atoms. The number of esters is 1. The van der Waals surface area contributed by atoms with Crippen LogP contribution in [0.4, 0.5) is 0 Å². The van der Waals surface area contributed by atoms with Crippen LogP contribution in [-0.2, 0) is 9.53 Å². The predicted octanol–water partition coefficient (Wildman–Crippen LogP) is 1.37. The minimum Gasteiger partial charge on any atom is -0.440 e. The third-order valence-electron chi connectivity index (χ3n) is 1.84. The molecule has 0 aliphatic rings. The number of aryl methyl sites for hydroxylation is 2. The van der Waals surface area contributed by atoms with Gasteiger partial charge in [0.05, 0.1) is 0 Å². The van der Waals surface area contributed by atoms with Crippen molar-refractivity contribution >= 4 is 5.97 Å². The van der Waals surface area contributed by atoms with Crippen LogP contribution in [0.5, 0.6) is 0 Å². The van der Waals surface area contributed by atoms with E-state index in [4.69, 9.17) is 4.74 Å². The van der Waals surface area contributed by atoms with Crippen LogP contribution < -0.4 is 0 Å². The summed E-state index contributed by atoms with van der Waals surface area (Å²) in [5, 5.41) is 4.13. The van der Waals surface area contributed by atoms with Crippen LogP contribution >= 0.6 is 0 Å². The van der Waals surface area contributed by atoms with E-state index < -0.39 is 0 Å². The van der Waals surface area contributed by atoms with Gasteiger partial charge in [-0.05, 0) is 20.8 Å². The van der Waals surface area contributed by atoms with Gasteiger partial charge < -0.3 is 4.74 Å². The van der Waals surface area contributed by atoms with Crippen molar-refractivity contribution < 1.29 is 9.53 Å². The van der Waals surface area contributed by atoms with Crippen molar-refractivity contribution in [1.82, 2.24) is 14.8 Å². The minimum atomic E-state index is -0.386. The topological polar surface area (TPSA) is 57.0 Å². The van der Waals surface area contributed by atoms with Crippen LogP contribution in [-0.4, -0.2) is 20.7 Å². The summed E-state index contributed by atoms with van der Waals surface area (Å²) in [4.78, 5) is 15.2. The van der Waals surface area contributed by atoms with Gasteiger partial charge in [0.1, 0.15) is 11.6 Å². The lowest BCUT2D eigenvalue weighted by atomic mass is 10.5. The molecule has 5 heteroatoms. The van der Waals surface area contributed by atoms with Crippen molar-refractivity contribution in [3.05, 3.63) is 11.6 Å². The molecule has 1 heterocycles. The standard InChI is InChI=1S/C9H15N3O2/c1-5-9(13)14-8(4)12-7(3)10-6(2)11-12/h8H,5H2,1-4H3. The molecule has 1 aromatic rings. The second kappa shape index (κ2) is 4.21. The first-order valence-corrected chi connectivity index (χ1v) is 4.63. The third kappa shape index (κ3) is 2.31. The monoisotopic (exact) mass is 197 g/mol. The lowest BCUT2D eigenvalue weighted by molar-refractivity contribution is -0.152. The summed E-state index contributed by atoms with van der Waals surface area (Å²) in [6.07, 6.45) is -0.0134. The predicted molar refractivity (Wildman–Crippen MR) is 50.6 cm³/mol. The Hall–Kier alpha value is -1.39. The average Bonchev–Trinajstić information content (AvgIpc) is 2.45. The van der Waals surface area contributed by atoms with Crippen molar-refractivity contribution in [2.75, 3.05) is 0 Å². The molecule has 0 radical (unpaired) electrons. The zero-order valence-corrected chi connectivity index (χ0v) is 8.94. The van der Waals surface area contributed by atoms with E-state index in [1.54, 1.807) is 25.5 Å². The van der Waals surface area contributed by atoms with Gasteiger partial charge in [0.15, 0.2) is 6.23 Å². The molecule has 0 aromatic carbocycles. The average molecular weight is 197 g/mol. The highest BCUT2D eigenvalue weighted by Gasteiger charge is 2.13. The molecule has 0 saturated carbocycles. The minimum absolute atomic E-state index is 0.231. The van der Waals surface area contributed by atoms with Gasteiger partial charge in [0, 0.05) is 6.42 Å². The van der Waals surface area contributed by atoms with Crippen LogP contribution in [0.1, 0.15) is 38.1 Å². The molecule has 78 valence electrons. The van der Waals surface area contributed by atoms with Crippen LogP contribution in [0.2, 0.25) is 0 Å². The van der Waals surface area contributed by atoms with Crippen LogP contribution in [0, 0.1) is 13.8 Å². The molecule has 0 bridgehead atoms. The van der Waals surface area contributed by atoms with Gasteiger partial charge >= 0.3 is 5.97 Å². The van der Waals surface area contributed by atoms with Gasteiger partial charge in [-0.25, -0.2) is 9.67 Å². The number of hydrogen-bond donors (Lipinski definition) is 0. The van der Waals surface area contributed by atoms with Gasteiger partial charge in [-0.2, -0.15) is 5.10 Å². The van der Waals surface area contributed by atoms with Crippen molar-refractivity contribution in [1.29, 1.82) is 0 Å². The highest BCUT2D eigenvalue weighted by Crippen LogP contribution is 2.09. The van der Waals surface area contributed by atoms with E-state index in [-0.39, 0.29) is 12.2 Å². The van der Waals surface area contributed by atoms with E-state index in [0.29, 0.717) is 12.2 Å². The molecule has 0 saturated heterocycles. The summed E-state index contributed by atoms with van der Waals surface area (Å²) < 4.78 is 6.70. The van der Waals surface area contributed by atoms with Crippen molar-refractivity contribution in [2.45, 2.75) is 40.3 Å². The zero-order valence-electron chi connectivity index (χ0n) is 8.94. The lowest BCUT2D eigenvalue weighted by Crippen LogP contribution is -2.16. The second-order valence-electron chi connectivity index (χ2n) is 3.09. The highest BCUT2D eigenvalue weighted by molar-refractivity contribution is 5.68. The van der Waals surface area contributed by atoms with E-state index in [0.717, 1.165) is 5.82 Å². The molecular formula is C9H15N3O2. The quantitative estimate of drug-likeness (QED) is 0.686. The smallest absolute Gasteiger partial charge is 0.307 e. The Morgan fingerprint density at radius 2 is 2.21 bits per heavy atom. The lowest BCUT2D eigenvalue weighted by Gasteiger charge is -2.13. The zero-order chi connectivity index (χ0) is 10.7. The number of hydrogen-bond acceptors (Lipinski definition) is 4. The summed E-state index contributed by atoms with van der Waals surface area (Å²) in [6.45, 7) is 7.16. The molecule has 0 N–H and O–H groups in total. The van der Waals surface area contributed by atoms with Gasteiger partial charge in [0.2, 0.25) is 0 Å². The van der Waals surface area contributed by atoms with E-state index in [1.165, 1.54) is 0 Å². The maximum atomic E-state index is 11.0. The summed E-state index contributed by atoms with van der Waals surface area (Å²) in [5.41, 5.74) is 0. The molecule has 0 aliphatic heterocycles. The van der Waals surface area contributed by atoms with E-state index in [2.05, 4.69) is 10.1 Å². The number of rotatable bonds is 3. The van der Waals surface area contributed by atoms with E-state index in [1.807, 2.05) is 6.92 Å². The van der Waals surface area contributed by atoms with E-state index >= 15 is 0 Å². The number of aromatic nitrogens is 3. The van der Waals surface area contributed by atoms with Crippen molar-refractivity contribution in [2.24, 2.45) is 0 Å². The molecule has 1 unspecified atom stereocenters. The first-order chi connectivity index (χ1) is 6.54. The fourth-order valence-electron chi connectivity index (χ4n) is 1.20. The third-order valence-corrected chi connectivity index (χ3v) is 1.84. The Balaban J connectivity index is 2.73. The Morgan fingerprint density at radius 3 is 2.64 bits per heavy atom. The molecule has 1 aromatic heterocycles. The molecule has 5 nitrogen and oxygen atoms in total. The van der Waals surface area contributed by atoms with Crippen molar-refractivity contribution in [3.8, 4) is 0 Å². The van der Waals surface area contributed by atoms with Crippen LogP contribution in [0.25, 0.3) is 0 Å². The maximum absolute atomic E-state index is 11.0. The van der Waals surface area contributed by atoms with Crippen LogP contribution in [0.15, 0.2) is 0 Å². The first-order valence-electron chi connectivity index (χ1n) is 4.63. The molecule has 0 fully saturated rings. The van der Waals surface area contributed by atoms with Crippen molar-refractivity contribution in [3.63, 3.8) is 0 Å². The fourth-order valence-corrected chi connectivity index (χ4v) is 1.20. The van der Waals surface area contributed by atoms with Gasteiger partial charge in [-0.3, -0.25) is 4.79 Å². The Labute approximate surface area is 83.1 Å². The highest BCUT2D eigenvalue weighted by atomic mass is 16.6. The van der Waals surface area contributed by atoms with Crippen LogP contribution in [0.3, 0.4) is 0 Å². The maximum Gasteiger partial charge on any atom is 0.307 e. The summed E-state index contributed by atoms with van der Waals surface area (Å²) >= 11 is 0. The summed E-state index contributed by atoms with van der Waals surface area (Å²) in [7, 11) is 0. The normalized spacial score (nSPS) is 12.6.